The van der Waals surface area contributed by atoms with Crippen LogP contribution in [0.5, 0.6) is 11.5 Å². The van der Waals surface area contributed by atoms with Crippen LogP contribution in [-0.2, 0) is 0 Å². The molecule has 0 saturated heterocycles. The van der Waals surface area contributed by atoms with Crippen molar-refractivity contribution in [2.24, 2.45) is 5.10 Å². The van der Waals surface area contributed by atoms with Crippen LogP contribution in [0, 0.1) is 5.82 Å². The lowest BCUT2D eigenvalue weighted by Crippen LogP contribution is -2.17. The number of halogens is 2. The molecular formula is C17H16BrFN2O3. The van der Waals surface area contributed by atoms with E-state index in [-0.39, 0.29) is 0 Å². The van der Waals surface area contributed by atoms with Gasteiger partial charge >= 0.3 is 0 Å². The van der Waals surface area contributed by atoms with Gasteiger partial charge in [0.15, 0.2) is 11.5 Å². The molecule has 0 fully saturated rings. The Kier molecular flexibility index (Phi) is 6.31. The number of amides is 1. The number of carbonyl (C=O) groups is 1. The third-order valence-electron chi connectivity index (χ3n) is 3.02. The van der Waals surface area contributed by atoms with Gasteiger partial charge in [-0.1, -0.05) is 0 Å². The summed E-state index contributed by atoms with van der Waals surface area (Å²) in [6, 6.07) is 8.74. The van der Waals surface area contributed by atoms with Crippen molar-refractivity contribution in [3.8, 4) is 11.5 Å². The Labute approximate surface area is 147 Å². The molecule has 0 aliphatic carbocycles. The monoisotopic (exact) mass is 394 g/mol. The zero-order valence-corrected chi connectivity index (χ0v) is 14.8. The molecule has 2 rings (SSSR count). The summed E-state index contributed by atoms with van der Waals surface area (Å²) in [5.41, 5.74) is 3.42. The smallest absolute Gasteiger partial charge is 0.271 e. The summed E-state index contributed by atoms with van der Waals surface area (Å²) in [4.78, 5) is 11.9. The van der Waals surface area contributed by atoms with E-state index in [1.54, 1.807) is 19.2 Å². The van der Waals surface area contributed by atoms with E-state index in [1.807, 2.05) is 6.92 Å². The second-order valence-corrected chi connectivity index (χ2v) is 5.53. The predicted molar refractivity (Wildman–Crippen MR) is 93.3 cm³/mol. The van der Waals surface area contributed by atoms with Gasteiger partial charge in [0.2, 0.25) is 0 Å². The van der Waals surface area contributed by atoms with Gasteiger partial charge < -0.3 is 9.47 Å². The molecule has 0 atom stereocenters. The number of ether oxygens (including phenoxy) is 2. The molecule has 0 bridgehead atoms. The van der Waals surface area contributed by atoms with Gasteiger partial charge in [-0.25, -0.2) is 9.82 Å². The molecule has 0 aliphatic rings. The average molecular weight is 395 g/mol. The van der Waals surface area contributed by atoms with Crippen molar-refractivity contribution in [3.05, 3.63) is 57.8 Å². The van der Waals surface area contributed by atoms with Crippen molar-refractivity contribution >= 4 is 28.1 Å². The zero-order chi connectivity index (χ0) is 17.5. The normalized spacial score (nSPS) is 10.7. The number of carbonyl (C=O) groups excluding carboxylic acids is 1. The predicted octanol–water partition coefficient (Wildman–Crippen LogP) is 3.76. The molecule has 7 heteroatoms. The van der Waals surface area contributed by atoms with E-state index in [2.05, 4.69) is 26.5 Å². The zero-order valence-electron chi connectivity index (χ0n) is 13.2. The molecular weight excluding hydrogens is 379 g/mol. The van der Waals surface area contributed by atoms with Crippen LogP contribution in [0.2, 0.25) is 0 Å². The quantitative estimate of drug-likeness (QED) is 0.599. The minimum Gasteiger partial charge on any atom is -0.492 e. The van der Waals surface area contributed by atoms with Gasteiger partial charge in [-0.15, -0.1) is 0 Å². The molecule has 0 aromatic heterocycles. The molecule has 0 radical (unpaired) electrons. The first-order chi connectivity index (χ1) is 11.5. The van der Waals surface area contributed by atoms with E-state index < -0.39 is 11.7 Å². The number of benzene rings is 2. The molecule has 0 aliphatic heterocycles. The van der Waals surface area contributed by atoms with Gasteiger partial charge in [0.25, 0.3) is 5.91 Å². The Balaban J connectivity index is 2.11. The van der Waals surface area contributed by atoms with Gasteiger partial charge in [-0.3, -0.25) is 4.79 Å². The largest absolute Gasteiger partial charge is 0.492 e. The number of hydrogen-bond acceptors (Lipinski definition) is 4. The maximum Gasteiger partial charge on any atom is 0.271 e. The molecule has 24 heavy (non-hydrogen) atoms. The number of rotatable bonds is 6. The van der Waals surface area contributed by atoms with Crippen LogP contribution in [0.3, 0.4) is 0 Å². The van der Waals surface area contributed by atoms with Crippen LogP contribution in [0.15, 0.2) is 46.0 Å². The fourth-order valence-corrected chi connectivity index (χ4v) is 2.58. The first-order valence-electron chi connectivity index (χ1n) is 7.14. The maximum atomic E-state index is 12.8. The van der Waals surface area contributed by atoms with E-state index in [9.17, 15) is 9.18 Å². The van der Waals surface area contributed by atoms with Gasteiger partial charge in [0.1, 0.15) is 5.82 Å². The third-order valence-corrected chi connectivity index (χ3v) is 3.61. The minimum atomic E-state index is -0.427. The SMILES string of the molecule is CCOc1cc(/C=N\NC(=O)c2ccc(F)cc2)cc(Br)c1OC. The first-order valence-corrected chi connectivity index (χ1v) is 7.93. The molecule has 2 aromatic carbocycles. The Morgan fingerprint density at radius 3 is 2.67 bits per heavy atom. The van der Waals surface area contributed by atoms with E-state index in [1.165, 1.54) is 30.5 Å². The molecule has 0 unspecified atom stereocenters. The number of hydrazone groups is 1. The average Bonchev–Trinajstić information content (AvgIpc) is 2.55. The maximum absolute atomic E-state index is 12.8. The molecule has 1 N–H and O–H groups in total. The van der Waals surface area contributed by atoms with Crippen molar-refractivity contribution in [2.45, 2.75) is 6.92 Å². The highest BCUT2D eigenvalue weighted by molar-refractivity contribution is 9.10. The number of nitrogens with zero attached hydrogens (tertiary/aromatic N) is 1. The first kappa shape index (κ1) is 17.9. The summed E-state index contributed by atoms with van der Waals surface area (Å²) in [6.07, 6.45) is 1.48. The lowest BCUT2D eigenvalue weighted by atomic mass is 10.2. The van der Waals surface area contributed by atoms with Crippen LogP contribution >= 0.6 is 15.9 Å². The van der Waals surface area contributed by atoms with Crippen molar-refractivity contribution in [3.63, 3.8) is 0 Å². The number of nitrogens with one attached hydrogen (secondary N) is 1. The van der Waals surface area contributed by atoms with E-state index in [0.717, 1.165) is 0 Å². The van der Waals surface area contributed by atoms with Gasteiger partial charge in [0.05, 0.1) is 24.4 Å². The van der Waals surface area contributed by atoms with Gasteiger partial charge in [-0.2, -0.15) is 5.10 Å². The van der Waals surface area contributed by atoms with Crippen molar-refractivity contribution in [1.29, 1.82) is 0 Å². The summed E-state index contributed by atoms with van der Waals surface area (Å²) < 4.78 is 24.3. The fraction of sp³-hybridized carbons (Fsp3) is 0.176. The van der Waals surface area contributed by atoms with Crippen LogP contribution in [-0.4, -0.2) is 25.8 Å². The number of methoxy groups -OCH3 is 1. The second-order valence-electron chi connectivity index (χ2n) is 4.67. The highest BCUT2D eigenvalue weighted by Gasteiger charge is 2.10. The Morgan fingerprint density at radius 1 is 1.33 bits per heavy atom. The van der Waals surface area contributed by atoms with Crippen LogP contribution < -0.4 is 14.9 Å². The highest BCUT2D eigenvalue weighted by atomic mass is 79.9. The van der Waals surface area contributed by atoms with Crippen molar-refractivity contribution in [1.82, 2.24) is 5.43 Å². The van der Waals surface area contributed by atoms with E-state index in [4.69, 9.17) is 9.47 Å². The summed E-state index contributed by atoms with van der Waals surface area (Å²) >= 11 is 3.40. The molecule has 2 aromatic rings. The molecule has 1 amide bonds. The standard InChI is InChI=1S/C17H16BrFN2O3/c1-3-24-15-9-11(8-14(18)16(15)23-2)10-20-21-17(22)12-4-6-13(19)7-5-12/h4-10H,3H2,1-2H3,(H,21,22)/b20-10-. The topological polar surface area (TPSA) is 59.9 Å². The van der Waals surface area contributed by atoms with E-state index >= 15 is 0 Å². The lowest BCUT2D eigenvalue weighted by molar-refractivity contribution is 0.0955. The Bertz CT molecular complexity index is 748. The molecule has 0 heterocycles. The minimum absolute atomic E-state index is 0.319. The van der Waals surface area contributed by atoms with Gasteiger partial charge in [-0.05, 0) is 64.8 Å². The van der Waals surface area contributed by atoms with Crippen molar-refractivity contribution in [2.75, 3.05) is 13.7 Å². The molecule has 0 saturated carbocycles. The van der Waals surface area contributed by atoms with Crippen LogP contribution in [0.25, 0.3) is 0 Å². The fourth-order valence-electron chi connectivity index (χ4n) is 1.95. The second kappa shape index (κ2) is 8.44. The van der Waals surface area contributed by atoms with E-state index in [0.29, 0.717) is 33.7 Å². The highest BCUT2D eigenvalue weighted by Crippen LogP contribution is 2.36. The Hall–Kier alpha value is -2.41. The Morgan fingerprint density at radius 2 is 2.04 bits per heavy atom. The molecule has 0 spiro atoms. The summed E-state index contributed by atoms with van der Waals surface area (Å²) in [5, 5.41) is 3.90. The lowest BCUT2D eigenvalue weighted by Gasteiger charge is -2.11. The summed E-state index contributed by atoms with van der Waals surface area (Å²) in [5.74, 6) is 0.329. The summed E-state index contributed by atoms with van der Waals surface area (Å²) in [7, 11) is 1.55. The number of hydrogen-bond donors (Lipinski definition) is 1. The third kappa shape index (κ3) is 4.55. The molecule has 5 nitrogen and oxygen atoms in total. The summed E-state index contributed by atoms with van der Waals surface area (Å²) in [6.45, 7) is 2.36. The van der Waals surface area contributed by atoms with Crippen LogP contribution in [0.1, 0.15) is 22.8 Å². The van der Waals surface area contributed by atoms with Crippen LogP contribution in [0.4, 0.5) is 4.39 Å². The van der Waals surface area contributed by atoms with Gasteiger partial charge in [0, 0.05) is 5.56 Å². The molecule has 126 valence electrons. The van der Waals surface area contributed by atoms with Crippen molar-refractivity contribution < 1.29 is 18.7 Å².